The first-order chi connectivity index (χ1) is 21.9. The lowest BCUT2D eigenvalue weighted by Gasteiger charge is -2.25. The van der Waals surface area contributed by atoms with Crippen molar-refractivity contribution in [3.8, 4) is 0 Å². The summed E-state index contributed by atoms with van der Waals surface area (Å²) in [6.45, 7) is -1.63. The molecule has 4 aromatic rings. The molecule has 3 saturated heterocycles. The number of rotatable bonds is 3. The Kier molecular flexibility index (Phi) is 7.70. The molecule has 4 aromatic heterocycles. The van der Waals surface area contributed by atoms with Crippen LogP contribution < -0.4 is 16.6 Å². The quantitative estimate of drug-likeness (QED) is 0.114. The monoisotopic (exact) mass is 688 g/mol. The van der Waals surface area contributed by atoms with E-state index in [2.05, 4.69) is 35.3 Å². The molecule has 0 radical (unpaired) electrons. The lowest BCUT2D eigenvalue weighted by atomic mass is 10.1. The number of ether oxygens (including phenoxy) is 2. The Bertz CT molecular complexity index is 1950. The average Bonchev–Trinajstić information content (AvgIpc) is 3.76. The van der Waals surface area contributed by atoms with Crippen LogP contribution in [0.2, 0.25) is 0 Å². The van der Waals surface area contributed by atoms with Gasteiger partial charge in [-0.05, 0) is 0 Å². The average molecular weight is 688 g/mol. The molecule has 46 heavy (non-hydrogen) atoms. The highest BCUT2D eigenvalue weighted by Crippen LogP contribution is 2.54. The van der Waals surface area contributed by atoms with E-state index >= 15 is 0 Å². The summed E-state index contributed by atoms with van der Waals surface area (Å²) in [5, 5.41) is 29.2. The topological polar surface area (TPSA) is 315 Å². The lowest BCUT2D eigenvalue weighted by molar-refractivity contribution is -0.0637. The second kappa shape index (κ2) is 11.4. The maximum absolute atomic E-state index is 13.2. The van der Waals surface area contributed by atoms with E-state index in [1.165, 1.54) is 17.0 Å². The van der Waals surface area contributed by atoms with Gasteiger partial charge in [0.1, 0.15) is 49.1 Å². The number of phosphoric ester groups is 2. The number of hydrogen-bond acceptors (Lipinski definition) is 18. The van der Waals surface area contributed by atoms with Crippen molar-refractivity contribution in [1.29, 1.82) is 0 Å². The molecule has 0 saturated carbocycles. The fourth-order valence-corrected chi connectivity index (χ4v) is 7.38. The van der Waals surface area contributed by atoms with Crippen LogP contribution in [-0.4, -0.2) is 116 Å². The Balaban J connectivity index is 1.20. The normalized spacial score (nSPS) is 37.1. The zero-order valence-electron chi connectivity index (χ0n) is 23.3. The second-order valence-corrected chi connectivity index (χ2v) is 13.2. The van der Waals surface area contributed by atoms with Crippen molar-refractivity contribution in [3.63, 3.8) is 0 Å². The minimum absolute atomic E-state index is 0.124. The summed E-state index contributed by atoms with van der Waals surface area (Å²) in [4.78, 5) is 52.2. The molecule has 23 nitrogen and oxygen atoms in total. The van der Waals surface area contributed by atoms with E-state index in [9.17, 15) is 33.9 Å². The van der Waals surface area contributed by atoms with Gasteiger partial charge in [0.25, 0.3) is 5.56 Å². The van der Waals surface area contributed by atoms with E-state index in [0.717, 1.165) is 10.9 Å². The number of hydrogen-bond donors (Lipinski definition) is 7. The Morgan fingerprint density at radius 1 is 1.00 bits per heavy atom. The third-order valence-corrected chi connectivity index (χ3v) is 9.51. The van der Waals surface area contributed by atoms with Gasteiger partial charge in [-0.3, -0.25) is 32.4 Å². The Hall–Kier alpha value is -3.44. The van der Waals surface area contributed by atoms with E-state index in [0.29, 0.717) is 5.82 Å². The number of aromatic amines is 1. The van der Waals surface area contributed by atoms with E-state index in [1.807, 2.05) is 0 Å². The summed E-state index contributed by atoms with van der Waals surface area (Å²) < 4.78 is 61.4. The van der Waals surface area contributed by atoms with Gasteiger partial charge in [-0.2, -0.15) is 10.1 Å². The van der Waals surface area contributed by atoms with Gasteiger partial charge in [0, 0.05) is 7.05 Å². The van der Waals surface area contributed by atoms with E-state index in [4.69, 9.17) is 33.3 Å². The maximum atomic E-state index is 13.2. The molecule has 2 bridgehead atoms. The molecule has 3 aliphatic heterocycles. The fraction of sp³-hybridized carbons (Fsp3) is 0.524. The number of fused-ring (bicyclic) bond motifs is 5. The largest absolute Gasteiger partial charge is 0.472 e. The summed E-state index contributed by atoms with van der Waals surface area (Å²) in [6, 6.07) is 0. The van der Waals surface area contributed by atoms with Crippen LogP contribution in [-0.2, 0) is 36.7 Å². The molecule has 3 fully saturated rings. The third kappa shape index (κ3) is 5.39. The van der Waals surface area contributed by atoms with Crippen LogP contribution in [0.1, 0.15) is 18.0 Å². The first-order valence-corrected chi connectivity index (χ1v) is 16.4. The molecule has 10 atom stereocenters. The Morgan fingerprint density at radius 2 is 1.72 bits per heavy atom. The summed E-state index contributed by atoms with van der Waals surface area (Å²) in [5.74, 6) is 0.0758. The second-order valence-electron chi connectivity index (χ2n) is 10.4. The summed E-state index contributed by atoms with van der Waals surface area (Å²) in [7, 11) is -8.55. The molecule has 8 N–H and O–H groups in total. The van der Waals surface area contributed by atoms with Gasteiger partial charge >= 0.3 is 15.6 Å². The fourth-order valence-electron chi connectivity index (χ4n) is 5.48. The van der Waals surface area contributed by atoms with E-state index in [-0.39, 0.29) is 28.5 Å². The number of H-pyrrole nitrogens is 1. The summed E-state index contributed by atoms with van der Waals surface area (Å²) in [6.07, 6.45) is -8.84. The summed E-state index contributed by atoms with van der Waals surface area (Å²) in [5.41, 5.74) is 5.13. The smallest absolute Gasteiger partial charge is 0.387 e. The van der Waals surface area contributed by atoms with Gasteiger partial charge in [-0.1, -0.05) is 0 Å². The minimum atomic E-state index is -5.11. The van der Waals surface area contributed by atoms with Crippen LogP contribution in [0.25, 0.3) is 16.8 Å². The van der Waals surface area contributed by atoms with Gasteiger partial charge in [-0.15, -0.1) is 0 Å². The van der Waals surface area contributed by atoms with Crippen LogP contribution in [0, 0.1) is 0 Å². The number of aliphatic hydroxyl groups is 2. The Labute approximate surface area is 255 Å². The molecule has 25 heteroatoms. The molecule has 248 valence electrons. The highest BCUT2D eigenvalue weighted by atomic mass is 31.2. The van der Waals surface area contributed by atoms with Crippen molar-refractivity contribution in [2.75, 3.05) is 31.3 Å². The van der Waals surface area contributed by atoms with Gasteiger partial charge < -0.3 is 40.5 Å². The lowest BCUT2D eigenvalue weighted by Crippen LogP contribution is -2.36. The van der Waals surface area contributed by atoms with Crippen molar-refractivity contribution in [2.24, 2.45) is 0 Å². The van der Waals surface area contributed by atoms with Crippen LogP contribution >= 0.6 is 15.6 Å². The first-order valence-electron chi connectivity index (χ1n) is 13.4. The molecule has 3 aliphatic rings. The maximum Gasteiger partial charge on any atom is 0.472 e. The number of nitrogen functional groups attached to an aromatic ring is 1. The minimum Gasteiger partial charge on any atom is -0.387 e. The zero-order valence-corrected chi connectivity index (χ0v) is 25.1. The third-order valence-electron chi connectivity index (χ3n) is 7.54. The van der Waals surface area contributed by atoms with Gasteiger partial charge in [0.2, 0.25) is 5.95 Å². The van der Waals surface area contributed by atoms with Gasteiger partial charge in [-0.25, -0.2) is 28.6 Å². The van der Waals surface area contributed by atoms with Gasteiger partial charge in [0.05, 0.1) is 31.4 Å². The van der Waals surface area contributed by atoms with Crippen LogP contribution in [0.15, 0.2) is 23.6 Å². The highest BCUT2D eigenvalue weighted by Gasteiger charge is 2.54. The van der Waals surface area contributed by atoms with E-state index in [1.54, 1.807) is 7.05 Å². The number of aliphatic hydroxyl groups excluding tert-OH is 2. The first kappa shape index (κ1) is 31.2. The van der Waals surface area contributed by atoms with Crippen molar-refractivity contribution >= 4 is 44.2 Å². The van der Waals surface area contributed by atoms with Crippen LogP contribution in [0.3, 0.4) is 0 Å². The van der Waals surface area contributed by atoms with Crippen LogP contribution in [0.4, 0.5) is 11.8 Å². The molecular weight excluding hydrogens is 662 g/mol. The predicted molar refractivity (Wildman–Crippen MR) is 148 cm³/mol. The van der Waals surface area contributed by atoms with Gasteiger partial charge in [0.15, 0.2) is 28.9 Å². The highest BCUT2D eigenvalue weighted by molar-refractivity contribution is 7.47. The SMILES string of the molecule is CNc1ncnn2c(C3OC4COP(=O)(O)OC5C(O)C(COP(=O)(O)OC4C3O)OC5n3cnc4c(=O)[nH]c(N)nc43)cnc12. The number of anilines is 2. The van der Waals surface area contributed by atoms with Crippen molar-refractivity contribution in [2.45, 2.75) is 49.0 Å². The zero-order chi connectivity index (χ0) is 32.5. The number of nitrogens with zero attached hydrogens (tertiary/aromatic N) is 7. The standard InChI is InChI=1S/C21H26N10O13P2/c1-23-16-18-24-2-7(31(18)27-5-25-16)13-12(33)14-9(41-13)4-40-46(37,38)44-15-11(32)8(3-39-45(35,36)43-14)42-20(15)30-6-26-10-17(30)28-21(22)29-19(10)34/h2,5-6,8-9,11-15,20,32-33H,3-4H2,1H3,(H,35,36)(H,37,38)(H,23,25,27)(H3,22,28,29,34). The van der Waals surface area contributed by atoms with E-state index < -0.39 is 83.4 Å². The number of imidazole rings is 2. The predicted octanol–water partition coefficient (Wildman–Crippen LogP) is -2.04. The molecule has 7 heterocycles. The number of nitrogens with two attached hydrogens (primary N) is 1. The molecular formula is C21H26N10O13P2. The number of phosphoric acid groups is 2. The van der Waals surface area contributed by atoms with Crippen LogP contribution in [0.5, 0.6) is 0 Å². The number of nitrogens with one attached hydrogen (secondary N) is 2. The van der Waals surface area contributed by atoms with Crippen molar-refractivity contribution in [3.05, 3.63) is 34.9 Å². The molecule has 0 aromatic carbocycles. The van der Waals surface area contributed by atoms with Crippen molar-refractivity contribution < 1.29 is 56.7 Å². The van der Waals surface area contributed by atoms with Crippen molar-refractivity contribution in [1.82, 2.24) is 39.1 Å². The molecule has 10 unspecified atom stereocenters. The summed E-state index contributed by atoms with van der Waals surface area (Å²) >= 11 is 0. The Morgan fingerprint density at radius 3 is 2.46 bits per heavy atom. The molecule has 7 rings (SSSR count). The molecule has 0 aliphatic carbocycles. The number of aromatic nitrogens is 8. The molecule has 0 amide bonds. The molecule has 0 spiro atoms.